The summed E-state index contributed by atoms with van der Waals surface area (Å²) < 4.78 is 18.0. The maximum Gasteiger partial charge on any atom is 0.410 e. The van der Waals surface area contributed by atoms with E-state index in [2.05, 4.69) is 9.97 Å². The van der Waals surface area contributed by atoms with Crippen molar-refractivity contribution in [1.29, 1.82) is 0 Å². The molecule has 0 spiro atoms. The van der Waals surface area contributed by atoms with Crippen molar-refractivity contribution in [2.24, 2.45) is 0 Å². The van der Waals surface area contributed by atoms with Crippen LogP contribution in [0, 0.1) is 6.92 Å². The number of carbonyl (C=O) groups excluding carboxylic acids is 1. The summed E-state index contributed by atoms with van der Waals surface area (Å²) in [5, 5.41) is 0.515. The fourth-order valence-corrected chi connectivity index (χ4v) is 3.89. The minimum Gasteiger partial charge on any atom is -0.444 e. The van der Waals surface area contributed by atoms with E-state index >= 15 is 0 Å². The molecule has 2 atom stereocenters. The first-order chi connectivity index (χ1) is 11.2. The van der Waals surface area contributed by atoms with Gasteiger partial charge in [0.1, 0.15) is 10.8 Å². The van der Waals surface area contributed by atoms with Gasteiger partial charge in [-0.15, -0.1) is 0 Å². The van der Waals surface area contributed by atoms with Crippen molar-refractivity contribution < 1.29 is 13.7 Å². The highest BCUT2D eigenvalue weighted by molar-refractivity contribution is 7.84. The number of rotatable bonds is 3. The van der Waals surface area contributed by atoms with Crippen LogP contribution in [0.3, 0.4) is 0 Å². The predicted octanol–water partition coefficient (Wildman–Crippen LogP) is 3.34. The molecule has 134 valence electrons. The SMILES string of the molecule is Cc1cnc(S(=O)CC2CCCCN2C(=O)OC(C)(C)C)nc1Cl. The van der Waals surface area contributed by atoms with Crippen LogP contribution >= 0.6 is 11.6 Å². The van der Waals surface area contributed by atoms with Gasteiger partial charge < -0.3 is 9.64 Å². The van der Waals surface area contributed by atoms with Gasteiger partial charge in [-0.25, -0.2) is 14.8 Å². The van der Waals surface area contributed by atoms with Gasteiger partial charge in [-0.3, -0.25) is 4.21 Å². The van der Waals surface area contributed by atoms with E-state index in [1.165, 1.54) is 0 Å². The maximum absolute atomic E-state index is 12.6. The summed E-state index contributed by atoms with van der Waals surface area (Å²) in [6.45, 7) is 7.92. The molecule has 0 radical (unpaired) electrons. The second-order valence-electron chi connectivity index (χ2n) is 6.96. The van der Waals surface area contributed by atoms with E-state index in [9.17, 15) is 9.00 Å². The second-order valence-corrected chi connectivity index (χ2v) is 8.71. The smallest absolute Gasteiger partial charge is 0.410 e. The van der Waals surface area contributed by atoms with Gasteiger partial charge in [-0.1, -0.05) is 11.6 Å². The summed E-state index contributed by atoms with van der Waals surface area (Å²) in [6.07, 6.45) is 3.93. The lowest BCUT2D eigenvalue weighted by atomic mass is 10.0. The molecule has 0 aromatic carbocycles. The number of hydrogen-bond acceptors (Lipinski definition) is 5. The van der Waals surface area contributed by atoms with Gasteiger partial charge in [0.2, 0.25) is 5.16 Å². The second kappa shape index (κ2) is 7.78. The monoisotopic (exact) mass is 373 g/mol. The third-order valence-corrected chi connectivity index (χ3v) is 5.36. The zero-order chi connectivity index (χ0) is 17.9. The average molecular weight is 374 g/mol. The van der Waals surface area contributed by atoms with Crippen molar-refractivity contribution in [3.63, 3.8) is 0 Å². The van der Waals surface area contributed by atoms with Crippen LogP contribution in [0.5, 0.6) is 0 Å². The summed E-state index contributed by atoms with van der Waals surface area (Å²) >= 11 is 5.98. The first kappa shape index (κ1) is 19.1. The van der Waals surface area contributed by atoms with Gasteiger partial charge in [-0.2, -0.15) is 0 Å². The fourth-order valence-electron chi connectivity index (χ4n) is 2.50. The third-order valence-electron chi connectivity index (χ3n) is 3.69. The Morgan fingerprint density at radius 1 is 1.46 bits per heavy atom. The number of nitrogens with zero attached hydrogens (tertiary/aromatic N) is 3. The topological polar surface area (TPSA) is 72.4 Å². The van der Waals surface area contributed by atoms with E-state index in [1.807, 2.05) is 20.8 Å². The molecule has 2 unspecified atom stereocenters. The Labute approximate surface area is 150 Å². The summed E-state index contributed by atoms with van der Waals surface area (Å²) in [4.78, 5) is 22.3. The van der Waals surface area contributed by atoms with Gasteiger partial charge in [0.05, 0.1) is 16.6 Å². The summed E-state index contributed by atoms with van der Waals surface area (Å²) in [6, 6.07) is -0.141. The van der Waals surface area contributed by atoms with Crippen molar-refractivity contribution >= 4 is 28.5 Å². The summed E-state index contributed by atoms with van der Waals surface area (Å²) in [7, 11) is -1.42. The normalized spacial score (nSPS) is 19.9. The number of aryl methyl sites for hydroxylation is 1. The van der Waals surface area contributed by atoms with E-state index in [0.29, 0.717) is 17.5 Å². The zero-order valence-electron chi connectivity index (χ0n) is 14.5. The number of ether oxygens (including phenoxy) is 1. The van der Waals surface area contributed by atoms with Crippen LogP contribution in [0.2, 0.25) is 5.15 Å². The molecular weight excluding hydrogens is 350 g/mol. The number of piperidine rings is 1. The molecule has 2 heterocycles. The number of halogens is 1. The minimum atomic E-state index is -1.42. The highest BCUT2D eigenvalue weighted by atomic mass is 35.5. The maximum atomic E-state index is 12.6. The van der Waals surface area contributed by atoms with E-state index in [0.717, 1.165) is 24.8 Å². The Hall–Kier alpha value is -1.21. The van der Waals surface area contributed by atoms with Crippen LogP contribution in [0.15, 0.2) is 11.4 Å². The van der Waals surface area contributed by atoms with Crippen LogP contribution < -0.4 is 0 Å². The minimum absolute atomic E-state index is 0.141. The van der Waals surface area contributed by atoms with Crippen LogP contribution in [0.1, 0.15) is 45.6 Å². The first-order valence-corrected chi connectivity index (χ1v) is 9.74. The standard InChI is InChI=1S/C16H24ClN3O3S/c1-11-9-18-14(19-13(11)17)24(22)10-12-7-5-6-8-20(12)15(21)23-16(2,3)4/h9,12H,5-8,10H2,1-4H3. The average Bonchev–Trinajstić information content (AvgIpc) is 2.48. The molecule has 1 saturated heterocycles. The zero-order valence-corrected chi connectivity index (χ0v) is 16.1. The van der Waals surface area contributed by atoms with Crippen molar-refractivity contribution in [1.82, 2.24) is 14.9 Å². The summed E-state index contributed by atoms with van der Waals surface area (Å²) in [5.41, 5.74) is 0.191. The predicted molar refractivity (Wildman–Crippen MR) is 93.6 cm³/mol. The molecule has 24 heavy (non-hydrogen) atoms. The molecule has 2 rings (SSSR count). The number of hydrogen-bond donors (Lipinski definition) is 0. The summed E-state index contributed by atoms with van der Waals surface area (Å²) in [5.74, 6) is 0.290. The van der Waals surface area contributed by atoms with Crippen molar-refractivity contribution in [2.45, 2.75) is 63.8 Å². The Kier molecular flexibility index (Phi) is 6.20. The van der Waals surface area contributed by atoms with Gasteiger partial charge in [-0.05, 0) is 47.0 Å². The van der Waals surface area contributed by atoms with Crippen LogP contribution in [-0.2, 0) is 15.5 Å². The molecule has 1 amide bonds. The Morgan fingerprint density at radius 2 is 2.17 bits per heavy atom. The van der Waals surface area contributed by atoms with Crippen LogP contribution in [0.4, 0.5) is 4.79 Å². The molecule has 1 fully saturated rings. The number of carbonyl (C=O) groups is 1. The molecule has 6 nitrogen and oxygen atoms in total. The van der Waals surface area contributed by atoms with E-state index < -0.39 is 16.4 Å². The van der Waals surface area contributed by atoms with Gasteiger partial charge in [0, 0.05) is 24.3 Å². The molecule has 1 aliphatic rings. The third kappa shape index (κ3) is 5.14. The molecule has 0 bridgehead atoms. The largest absolute Gasteiger partial charge is 0.444 e. The Bertz CT molecular complexity index is 633. The highest BCUT2D eigenvalue weighted by Gasteiger charge is 2.32. The number of likely N-dealkylation sites (tertiary alicyclic amines) is 1. The lowest BCUT2D eigenvalue weighted by Gasteiger charge is -2.36. The molecular formula is C16H24ClN3O3S. The first-order valence-electron chi connectivity index (χ1n) is 8.04. The number of amides is 1. The number of aromatic nitrogens is 2. The van der Waals surface area contributed by atoms with Crippen molar-refractivity contribution in [2.75, 3.05) is 12.3 Å². The Balaban J connectivity index is 2.08. The van der Waals surface area contributed by atoms with Crippen LogP contribution in [0.25, 0.3) is 0 Å². The lowest BCUT2D eigenvalue weighted by molar-refractivity contribution is 0.0125. The molecule has 0 saturated carbocycles. The van der Waals surface area contributed by atoms with E-state index in [-0.39, 0.29) is 17.3 Å². The van der Waals surface area contributed by atoms with Crippen molar-refractivity contribution in [3.8, 4) is 0 Å². The Morgan fingerprint density at radius 3 is 2.79 bits per heavy atom. The fraction of sp³-hybridized carbons (Fsp3) is 0.688. The quantitative estimate of drug-likeness (QED) is 0.600. The molecule has 8 heteroatoms. The molecule has 0 N–H and O–H groups in total. The lowest BCUT2D eigenvalue weighted by Crippen LogP contribution is -2.48. The van der Waals surface area contributed by atoms with Gasteiger partial charge in [0.25, 0.3) is 0 Å². The van der Waals surface area contributed by atoms with E-state index in [4.69, 9.17) is 16.3 Å². The van der Waals surface area contributed by atoms with Crippen molar-refractivity contribution in [3.05, 3.63) is 16.9 Å². The molecule has 1 aromatic rings. The molecule has 1 aliphatic heterocycles. The van der Waals surface area contributed by atoms with Gasteiger partial charge >= 0.3 is 6.09 Å². The van der Waals surface area contributed by atoms with Crippen LogP contribution in [-0.4, -0.2) is 49.1 Å². The molecule has 1 aromatic heterocycles. The van der Waals surface area contributed by atoms with Gasteiger partial charge in [0.15, 0.2) is 0 Å². The van der Waals surface area contributed by atoms with E-state index in [1.54, 1.807) is 18.0 Å². The highest BCUT2D eigenvalue weighted by Crippen LogP contribution is 2.22. The molecule has 0 aliphatic carbocycles.